The van der Waals surface area contributed by atoms with Gasteiger partial charge in [0.25, 0.3) is 5.69 Å². The Morgan fingerprint density at radius 2 is 1.83 bits per heavy atom. The molecule has 2 N–H and O–H groups in total. The Morgan fingerprint density at radius 3 is 2.43 bits per heavy atom. The molecule has 0 heterocycles. The van der Waals surface area contributed by atoms with Crippen molar-refractivity contribution in [3.8, 4) is 11.5 Å². The Bertz CT molecular complexity index is 754. The molecule has 0 aliphatic rings. The van der Waals surface area contributed by atoms with E-state index >= 15 is 0 Å². The summed E-state index contributed by atoms with van der Waals surface area (Å²) >= 11 is 0. The highest BCUT2D eigenvalue weighted by Crippen LogP contribution is 2.29. The van der Waals surface area contributed by atoms with E-state index in [-0.39, 0.29) is 11.3 Å². The fourth-order valence-electron chi connectivity index (χ4n) is 1.79. The highest BCUT2D eigenvalue weighted by molar-refractivity contribution is 5.87. The zero-order valence-electron chi connectivity index (χ0n) is 12.3. The highest BCUT2D eigenvalue weighted by Gasteiger charge is 2.13. The van der Waals surface area contributed by atoms with Crippen LogP contribution in [-0.4, -0.2) is 18.0 Å². The molecule has 2 aromatic rings. The van der Waals surface area contributed by atoms with Crippen molar-refractivity contribution in [1.82, 2.24) is 0 Å². The van der Waals surface area contributed by atoms with Crippen molar-refractivity contribution in [3.63, 3.8) is 0 Å². The van der Waals surface area contributed by atoms with Crippen LogP contribution in [0, 0.1) is 10.1 Å². The summed E-state index contributed by atoms with van der Waals surface area (Å²) in [6.07, 6.45) is 2.41. The van der Waals surface area contributed by atoms with Gasteiger partial charge in [-0.15, -0.1) is 0 Å². The Balaban J connectivity index is 2.31. The lowest BCUT2D eigenvalue weighted by atomic mass is 10.1. The third-order valence-corrected chi connectivity index (χ3v) is 2.91. The number of nitro groups is 1. The standard InChI is InChI=1S/C16H14N2O5/c1-22-16(19)9-2-11-10-14(7-8-15(11)18(20)21)23-13-5-3-12(17)4-6-13/h2-10H,17H2,1H3. The van der Waals surface area contributed by atoms with Gasteiger partial charge in [-0.05, 0) is 42.5 Å². The molecule has 7 nitrogen and oxygen atoms in total. The van der Waals surface area contributed by atoms with Crippen LogP contribution in [0.4, 0.5) is 11.4 Å². The maximum absolute atomic E-state index is 11.2. The number of anilines is 1. The third kappa shape index (κ3) is 4.31. The van der Waals surface area contributed by atoms with Crippen LogP contribution in [0.1, 0.15) is 5.56 Å². The summed E-state index contributed by atoms with van der Waals surface area (Å²) in [5.74, 6) is 0.324. The van der Waals surface area contributed by atoms with Gasteiger partial charge in [-0.25, -0.2) is 4.79 Å². The zero-order valence-corrected chi connectivity index (χ0v) is 12.3. The van der Waals surface area contributed by atoms with E-state index in [0.717, 1.165) is 6.08 Å². The van der Waals surface area contributed by atoms with Crippen molar-refractivity contribution in [1.29, 1.82) is 0 Å². The number of carbonyl (C=O) groups excluding carboxylic acids is 1. The Hall–Kier alpha value is -3.35. The van der Waals surface area contributed by atoms with E-state index < -0.39 is 10.9 Å². The molecule has 0 spiro atoms. The van der Waals surface area contributed by atoms with Crippen molar-refractivity contribution in [3.05, 3.63) is 64.2 Å². The van der Waals surface area contributed by atoms with Crippen molar-refractivity contribution in [2.45, 2.75) is 0 Å². The van der Waals surface area contributed by atoms with Gasteiger partial charge in [0.1, 0.15) is 11.5 Å². The lowest BCUT2D eigenvalue weighted by Gasteiger charge is -2.07. The first-order valence-corrected chi connectivity index (χ1v) is 6.57. The number of hydrogen-bond donors (Lipinski definition) is 1. The van der Waals surface area contributed by atoms with Crippen LogP contribution >= 0.6 is 0 Å². The Labute approximate surface area is 132 Å². The molecule has 0 fully saturated rings. The molecule has 0 saturated heterocycles. The van der Waals surface area contributed by atoms with Crippen molar-refractivity contribution in [2.75, 3.05) is 12.8 Å². The van der Waals surface area contributed by atoms with E-state index in [9.17, 15) is 14.9 Å². The number of ether oxygens (including phenoxy) is 2. The Kier molecular flexibility index (Phi) is 4.93. The molecule has 0 aliphatic carbocycles. The van der Waals surface area contributed by atoms with Crippen molar-refractivity contribution >= 4 is 23.4 Å². The average molecular weight is 314 g/mol. The second-order valence-corrected chi connectivity index (χ2v) is 4.51. The number of nitrogens with two attached hydrogens (primary N) is 1. The van der Waals surface area contributed by atoms with Gasteiger partial charge >= 0.3 is 5.97 Å². The first-order valence-electron chi connectivity index (χ1n) is 6.57. The molecule has 2 aromatic carbocycles. The van der Waals surface area contributed by atoms with E-state index in [2.05, 4.69) is 4.74 Å². The molecule has 23 heavy (non-hydrogen) atoms. The second kappa shape index (κ2) is 7.08. The molecule has 7 heteroatoms. The average Bonchev–Trinajstić information content (AvgIpc) is 2.54. The van der Waals surface area contributed by atoms with Crippen LogP contribution in [-0.2, 0) is 9.53 Å². The number of hydrogen-bond acceptors (Lipinski definition) is 6. The summed E-state index contributed by atoms with van der Waals surface area (Å²) in [5, 5.41) is 11.0. The second-order valence-electron chi connectivity index (χ2n) is 4.51. The minimum absolute atomic E-state index is 0.144. The number of esters is 1. The Morgan fingerprint density at radius 1 is 1.17 bits per heavy atom. The van der Waals surface area contributed by atoms with Crippen LogP contribution in [0.25, 0.3) is 6.08 Å². The maximum atomic E-state index is 11.2. The van der Waals surface area contributed by atoms with E-state index in [1.165, 1.54) is 31.4 Å². The van der Waals surface area contributed by atoms with Crippen LogP contribution in [0.2, 0.25) is 0 Å². The summed E-state index contributed by atoms with van der Waals surface area (Å²) in [6.45, 7) is 0. The van der Waals surface area contributed by atoms with E-state index in [4.69, 9.17) is 10.5 Å². The van der Waals surface area contributed by atoms with Gasteiger partial charge in [-0.2, -0.15) is 0 Å². The molecule has 0 saturated carbocycles. The third-order valence-electron chi connectivity index (χ3n) is 2.91. The minimum atomic E-state index is -0.607. The van der Waals surface area contributed by atoms with Gasteiger partial charge in [0.05, 0.1) is 17.6 Å². The van der Waals surface area contributed by atoms with Crippen LogP contribution < -0.4 is 10.5 Å². The van der Waals surface area contributed by atoms with Crippen LogP contribution in [0.5, 0.6) is 11.5 Å². The molecule has 0 atom stereocenters. The largest absolute Gasteiger partial charge is 0.466 e. The van der Waals surface area contributed by atoms with Gasteiger partial charge in [-0.1, -0.05) is 0 Å². The fraction of sp³-hybridized carbons (Fsp3) is 0.0625. The molecular formula is C16H14N2O5. The van der Waals surface area contributed by atoms with E-state index in [0.29, 0.717) is 17.2 Å². The molecule has 0 amide bonds. The SMILES string of the molecule is COC(=O)C=Cc1cc(Oc2ccc(N)cc2)ccc1[N+](=O)[O-]. The normalized spacial score (nSPS) is 10.5. The quantitative estimate of drug-likeness (QED) is 0.299. The van der Waals surface area contributed by atoms with Gasteiger partial charge in [-0.3, -0.25) is 10.1 Å². The first kappa shape index (κ1) is 16.0. The summed E-state index contributed by atoms with van der Waals surface area (Å²) in [5.41, 5.74) is 6.28. The number of carbonyl (C=O) groups is 1. The number of benzene rings is 2. The van der Waals surface area contributed by atoms with E-state index in [1.807, 2.05) is 0 Å². The number of methoxy groups -OCH3 is 1. The van der Waals surface area contributed by atoms with Gasteiger partial charge in [0.2, 0.25) is 0 Å². The molecule has 0 aromatic heterocycles. The van der Waals surface area contributed by atoms with Gasteiger partial charge in [0, 0.05) is 17.8 Å². The zero-order chi connectivity index (χ0) is 16.8. The van der Waals surface area contributed by atoms with Gasteiger partial charge in [0.15, 0.2) is 0 Å². The predicted octanol–water partition coefficient (Wildman–Crippen LogP) is 3.16. The monoisotopic (exact) mass is 314 g/mol. The summed E-state index contributed by atoms with van der Waals surface area (Å²) in [4.78, 5) is 21.7. The summed E-state index contributed by atoms with van der Waals surface area (Å²) in [6, 6.07) is 11.0. The number of nitro benzene ring substituents is 1. The summed E-state index contributed by atoms with van der Waals surface area (Å²) in [7, 11) is 1.22. The van der Waals surface area contributed by atoms with Crippen LogP contribution in [0.15, 0.2) is 48.5 Å². The number of nitrogen functional groups attached to an aromatic ring is 1. The van der Waals surface area contributed by atoms with Gasteiger partial charge < -0.3 is 15.2 Å². The predicted molar refractivity (Wildman–Crippen MR) is 85.1 cm³/mol. The number of nitrogens with zero attached hydrogens (tertiary/aromatic N) is 1. The van der Waals surface area contributed by atoms with Crippen LogP contribution in [0.3, 0.4) is 0 Å². The van der Waals surface area contributed by atoms with E-state index in [1.54, 1.807) is 24.3 Å². The molecule has 0 aliphatic heterocycles. The number of rotatable bonds is 5. The minimum Gasteiger partial charge on any atom is -0.466 e. The van der Waals surface area contributed by atoms with Crippen molar-refractivity contribution < 1.29 is 19.2 Å². The lowest BCUT2D eigenvalue weighted by molar-refractivity contribution is -0.385. The molecule has 118 valence electrons. The smallest absolute Gasteiger partial charge is 0.330 e. The molecular weight excluding hydrogens is 300 g/mol. The molecule has 0 unspecified atom stereocenters. The summed E-state index contributed by atoms with van der Waals surface area (Å²) < 4.78 is 10.1. The van der Waals surface area contributed by atoms with Crippen molar-refractivity contribution in [2.24, 2.45) is 0 Å². The fourth-order valence-corrected chi connectivity index (χ4v) is 1.79. The maximum Gasteiger partial charge on any atom is 0.330 e. The molecule has 2 rings (SSSR count). The lowest BCUT2D eigenvalue weighted by Crippen LogP contribution is -1.96. The molecule has 0 bridgehead atoms. The first-order chi connectivity index (χ1) is 11.0. The highest BCUT2D eigenvalue weighted by atomic mass is 16.6. The molecule has 0 radical (unpaired) electrons. The topological polar surface area (TPSA) is 105 Å².